The molecule has 1 fully saturated rings. The van der Waals surface area contributed by atoms with Gasteiger partial charge in [0.05, 0.1) is 17.6 Å². The Morgan fingerprint density at radius 2 is 1.86 bits per heavy atom. The van der Waals surface area contributed by atoms with Crippen LogP contribution in [0.3, 0.4) is 0 Å². The summed E-state index contributed by atoms with van der Waals surface area (Å²) in [6, 6.07) is 14.4. The normalized spacial score (nSPS) is 14.2. The van der Waals surface area contributed by atoms with Gasteiger partial charge in [0.25, 0.3) is 11.6 Å². The average molecular weight is 423 g/mol. The zero-order valence-corrected chi connectivity index (χ0v) is 16.9. The summed E-state index contributed by atoms with van der Waals surface area (Å²) in [7, 11) is 1.44. The zero-order chi connectivity index (χ0) is 19.2. The number of carbonyl (C=O) groups is 1. The number of piperidine rings is 1. The molecule has 0 bridgehead atoms. The maximum absolute atomic E-state index is 12.6. The molecule has 0 spiro atoms. The van der Waals surface area contributed by atoms with Crippen molar-refractivity contribution >= 4 is 11.6 Å². The molecule has 1 amide bonds. The molecule has 0 saturated carbocycles. The van der Waals surface area contributed by atoms with Gasteiger partial charge in [-0.1, -0.05) is 30.3 Å². The van der Waals surface area contributed by atoms with Crippen molar-refractivity contribution in [3.05, 3.63) is 69.8 Å². The van der Waals surface area contributed by atoms with Crippen LogP contribution in [0.15, 0.2) is 48.5 Å². The number of carbonyl (C=O) groups excluding carboxylic acids is 1. The molecule has 0 aromatic heterocycles. The number of hydrogen-bond donors (Lipinski definition) is 1. The van der Waals surface area contributed by atoms with Crippen molar-refractivity contribution < 1.29 is 32.3 Å². The molecule has 0 radical (unpaired) electrons. The predicted octanol–water partition coefficient (Wildman–Crippen LogP) is -0.823. The zero-order valence-electron chi connectivity index (χ0n) is 16.1. The van der Waals surface area contributed by atoms with E-state index in [1.165, 1.54) is 30.9 Å². The molecule has 3 rings (SSSR count). The molecule has 1 heterocycles. The van der Waals surface area contributed by atoms with Crippen LogP contribution in [-0.4, -0.2) is 47.4 Å². The average Bonchev–Trinajstić information content (AvgIpc) is 2.69. The number of rotatable bonds is 6. The van der Waals surface area contributed by atoms with Crippen LogP contribution >= 0.6 is 0 Å². The number of amides is 1. The third kappa shape index (κ3) is 6.42. The Morgan fingerprint density at radius 1 is 1.21 bits per heavy atom. The third-order valence-electron chi connectivity index (χ3n) is 4.81. The van der Waals surface area contributed by atoms with Crippen LogP contribution in [0.2, 0.25) is 0 Å². The fourth-order valence-electron chi connectivity index (χ4n) is 3.33. The van der Waals surface area contributed by atoms with E-state index in [1.54, 1.807) is 0 Å². The minimum absolute atomic E-state index is 0. The second kappa shape index (κ2) is 11.4. The van der Waals surface area contributed by atoms with Crippen molar-refractivity contribution in [2.24, 2.45) is 0 Å². The van der Waals surface area contributed by atoms with Crippen LogP contribution in [0.1, 0.15) is 28.8 Å². The van der Waals surface area contributed by atoms with Gasteiger partial charge in [-0.05, 0) is 24.5 Å². The van der Waals surface area contributed by atoms with Crippen LogP contribution in [0.5, 0.6) is 5.75 Å². The summed E-state index contributed by atoms with van der Waals surface area (Å²) in [5.41, 5.74) is 1.35. The molecule has 9 heteroatoms. The van der Waals surface area contributed by atoms with Crippen molar-refractivity contribution in [1.29, 1.82) is 0 Å². The lowest BCUT2D eigenvalue weighted by Crippen LogP contribution is -3.00. The second-order valence-corrected chi connectivity index (χ2v) is 6.65. The highest BCUT2D eigenvalue weighted by atomic mass is 35.5. The number of ether oxygens (including phenoxy) is 1. The first-order valence-corrected chi connectivity index (χ1v) is 8.96. The molecule has 0 unspecified atom stereocenters. The van der Waals surface area contributed by atoms with E-state index in [-0.39, 0.29) is 41.1 Å². The molecule has 3 N–H and O–H groups in total. The van der Waals surface area contributed by atoms with Gasteiger partial charge in [-0.15, -0.1) is 0 Å². The van der Waals surface area contributed by atoms with E-state index in [9.17, 15) is 14.9 Å². The second-order valence-electron chi connectivity index (χ2n) is 6.65. The minimum atomic E-state index is -0.516. The molecular weight excluding hydrogens is 398 g/mol. The van der Waals surface area contributed by atoms with Crippen molar-refractivity contribution in [2.45, 2.75) is 25.4 Å². The van der Waals surface area contributed by atoms with Crippen LogP contribution < -0.4 is 22.5 Å². The highest BCUT2D eigenvalue weighted by Gasteiger charge is 2.23. The van der Waals surface area contributed by atoms with E-state index in [4.69, 9.17) is 4.74 Å². The molecule has 158 valence electrons. The van der Waals surface area contributed by atoms with E-state index in [2.05, 4.69) is 22.3 Å². The van der Waals surface area contributed by atoms with Crippen LogP contribution in [0.4, 0.5) is 5.69 Å². The van der Waals surface area contributed by atoms with Gasteiger partial charge in [-0.3, -0.25) is 19.8 Å². The lowest BCUT2D eigenvalue weighted by atomic mass is 10.0. The molecule has 0 atom stereocenters. The largest absolute Gasteiger partial charge is 1.00 e. The van der Waals surface area contributed by atoms with Crippen LogP contribution in [0, 0.1) is 10.1 Å². The summed E-state index contributed by atoms with van der Waals surface area (Å²) in [4.78, 5) is 25.4. The highest BCUT2D eigenvalue weighted by Crippen LogP contribution is 2.24. The summed E-state index contributed by atoms with van der Waals surface area (Å²) in [6.45, 7) is 2.69. The molecule has 2 aromatic rings. The molecule has 0 aliphatic carbocycles. The van der Waals surface area contributed by atoms with Gasteiger partial charge in [0, 0.05) is 37.8 Å². The maximum Gasteiger partial charge on any atom is 0.270 e. The van der Waals surface area contributed by atoms with E-state index < -0.39 is 4.92 Å². The van der Waals surface area contributed by atoms with Gasteiger partial charge in [0.15, 0.2) is 0 Å². The monoisotopic (exact) mass is 422 g/mol. The van der Waals surface area contributed by atoms with Gasteiger partial charge in [0.1, 0.15) is 5.75 Å². The number of hydrogen-bond acceptors (Lipinski definition) is 5. The lowest BCUT2D eigenvalue weighted by molar-refractivity contribution is -0.384. The number of halogens is 1. The van der Waals surface area contributed by atoms with E-state index in [0.29, 0.717) is 5.75 Å². The summed E-state index contributed by atoms with van der Waals surface area (Å²) < 4.78 is 5.18. The minimum Gasteiger partial charge on any atom is -1.00 e. The lowest BCUT2D eigenvalue weighted by Gasteiger charge is -2.32. The Hall–Kier alpha value is -2.68. The summed E-state index contributed by atoms with van der Waals surface area (Å²) in [5.74, 6) is -0.00308. The number of benzene rings is 2. The fourth-order valence-corrected chi connectivity index (χ4v) is 3.33. The van der Waals surface area contributed by atoms with E-state index >= 15 is 0 Å². The topological polar surface area (TPSA) is 116 Å². The molecular formula is C20H25ClN3O5-. The molecule has 1 saturated heterocycles. The standard InChI is InChI=1S/C20H23N3O4.ClH.H2O/c1-27-19-8-7-17(23(25)26)13-18(19)20(24)21-16-9-11-22(12-10-16)14-15-5-3-2-4-6-15;;/h2-8,13,16H,9-12,14H2,1H3,(H,21,24);1H;1H2/p-1. The Morgan fingerprint density at radius 3 is 2.45 bits per heavy atom. The molecule has 1 aliphatic rings. The van der Waals surface area contributed by atoms with Crippen LogP contribution in [0.25, 0.3) is 0 Å². The van der Waals surface area contributed by atoms with Gasteiger partial charge >= 0.3 is 0 Å². The van der Waals surface area contributed by atoms with E-state index in [1.807, 2.05) is 18.2 Å². The van der Waals surface area contributed by atoms with Crippen LogP contribution in [-0.2, 0) is 6.54 Å². The smallest absolute Gasteiger partial charge is 0.270 e. The summed E-state index contributed by atoms with van der Waals surface area (Å²) >= 11 is 0. The highest BCUT2D eigenvalue weighted by molar-refractivity contribution is 5.97. The van der Waals surface area contributed by atoms with Gasteiger partial charge in [-0.25, -0.2) is 0 Å². The van der Waals surface area contributed by atoms with Crippen molar-refractivity contribution in [2.75, 3.05) is 20.2 Å². The number of nitrogens with one attached hydrogen (secondary N) is 1. The number of nitro groups is 1. The molecule has 8 nitrogen and oxygen atoms in total. The van der Waals surface area contributed by atoms with Gasteiger partial charge < -0.3 is 27.9 Å². The van der Waals surface area contributed by atoms with Crippen molar-refractivity contribution in [1.82, 2.24) is 10.2 Å². The molecule has 29 heavy (non-hydrogen) atoms. The number of likely N-dealkylation sites (tertiary alicyclic amines) is 1. The Bertz CT molecular complexity index is 811. The van der Waals surface area contributed by atoms with E-state index in [0.717, 1.165) is 32.5 Å². The first-order chi connectivity index (χ1) is 13.1. The SMILES string of the molecule is COc1ccc([N+](=O)[O-])cc1C(=O)NC1CCN(Cc2ccccc2)CC1.O.[Cl-]. The molecule has 2 aromatic carbocycles. The molecule has 1 aliphatic heterocycles. The number of nitrogens with zero attached hydrogens (tertiary/aromatic N) is 2. The number of nitro benzene ring substituents is 1. The first-order valence-electron chi connectivity index (χ1n) is 8.96. The van der Waals surface area contributed by atoms with Crippen molar-refractivity contribution in [3.8, 4) is 5.75 Å². The third-order valence-corrected chi connectivity index (χ3v) is 4.81. The number of non-ortho nitro benzene ring substituents is 1. The Labute approximate surface area is 175 Å². The maximum atomic E-state index is 12.6. The predicted molar refractivity (Wildman–Crippen MR) is 105 cm³/mol. The quantitative estimate of drug-likeness (QED) is 0.482. The fraction of sp³-hybridized carbons (Fsp3) is 0.350. The van der Waals surface area contributed by atoms with Crippen molar-refractivity contribution in [3.63, 3.8) is 0 Å². The summed E-state index contributed by atoms with van der Waals surface area (Å²) in [6.07, 6.45) is 1.69. The van der Waals surface area contributed by atoms with Gasteiger partial charge in [-0.2, -0.15) is 0 Å². The number of methoxy groups -OCH3 is 1. The first kappa shape index (κ1) is 24.4. The van der Waals surface area contributed by atoms with Gasteiger partial charge in [0.2, 0.25) is 0 Å². The Balaban J connectivity index is 0.00000210. The Kier molecular flexibility index (Phi) is 9.54. The summed E-state index contributed by atoms with van der Waals surface area (Å²) in [5, 5.41) is 14.0.